The molecule has 1 heterocycles. The largest absolute Gasteiger partial charge is 0.494 e. The zero-order valence-electron chi connectivity index (χ0n) is 14.6. The molecule has 0 spiro atoms. The average molecular weight is 356 g/mol. The highest BCUT2D eigenvalue weighted by Gasteiger charge is 2.13. The predicted molar refractivity (Wildman–Crippen MR) is 99.4 cm³/mol. The van der Waals surface area contributed by atoms with Crippen LogP contribution in [0.4, 0.5) is 0 Å². The van der Waals surface area contributed by atoms with Crippen molar-refractivity contribution in [2.75, 3.05) is 26.3 Å². The number of carbonyl (C=O) groups excluding carboxylic acids is 1. The van der Waals surface area contributed by atoms with Crippen LogP contribution < -0.4 is 10.1 Å². The van der Waals surface area contributed by atoms with E-state index in [-0.39, 0.29) is 24.8 Å². The van der Waals surface area contributed by atoms with E-state index in [4.69, 9.17) is 9.84 Å². The number of piperidine rings is 1. The molecule has 0 unspecified atom stereocenters. The van der Waals surface area contributed by atoms with Gasteiger partial charge in [0.05, 0.1) is 6.61 Å². The predicted octanol–water partition coefficient (Wildman–Crippen LogP) is 3.53. The molecule has 0 amide bonds. The van der Waals surface area contributed by atoms with Crippen molar-refractivity contribution < 1.29 is 14.6 Å². The van der Waals surface area contributed by atoms with Crippen LogP contribution >= 0.6 is 12.4 Å². The Bertz CT molecular complexity index is 501. The van der Waals surface area contributed by atoms with Crippen molar-refractivity contribution in [3.63, 3.8) is 0 Å². The molecular weight excluding hydrogens is 326 g/mol. The number of carbonyl (C=O) groups is 1. The summed E-state index contributed by atoms with van der Waals surface area (Å²) in [6.07, 6.45) is 5.80. The summed E-state index contributed by atoms with van der Waals surface area (Å²) in [5.74, 6) is 1.77. The Kier molecular flexibility index (Phi) is 9.99. The van der Waals surface area contributed by atoms with E-state index in [0.29, 0.717) is 12.8 Å². The first-order valence-corrected chi connectivity index (χ1v) is 8.79. The summed E-state index contributed by atoms with van der Waals surface area (Å²) in [6, 6.07) is 5.66. The SMILES string of the molecule is Cc1cc(OCCCC2CCNCC2)ccc1C(=O)CCCO.Cl. The highest BCUT2D eigenvalue weighted by atomic mass is 35.5. The molecule has 5 heteroatoms. The number of Topliss-reactive ketones (excluding diaryl/α,β-unsaturated/α-hetero) is 1. The maximum atomic E-state index is 12.0. The second-order valence-electron chi connectivity index (χ2n) is 6.41. The van der Waals surface area contributed by atoms with E-state index in [1.807, 2.05) is 25.1 Å². The number of ketones is 1. The lowest BCUT2D eigenvalue weighted by Crippen LogP contribution is -2.27. The molecule has 1 aliphatic rings. The first kappa shape index (κ1) is 20.9. The van der Waals surface area contributed by atoms with E-state index in [0.717, 1.165) is 48.9 Å². The molecule has 1 aromatic rings. The first-order chi connectivity index (χ1) is 11.2. The molecule has 136 valence electrons. The van der Waals surface area contributed by atoms with Gasteiger partial charge in [-0.15, -0.1) is 12.4 Å². The van der Waals surface area contributed by atoms with Crippen LogP contribution in [0.2, 0.25) is 0 Å². The molecule has 2 rings (SSSR count). The van der Waals surface area contributed by atoms with Gasteiger partial charge < -0.3 is 15.2 Å². The summed E-state index contributed by atoms with van der Waals surface area (Å²) in [4.78, 5) is 12.0. The third kappa shape index (κ3) is 6.80. The Labute approximate surface area is 151 Å². The van der Waals surface area contributed by atoms with Crippen LogP contribution in [-0.2, 0) is 0 Å². The van der Waals surface area contributed by atoms with Crippen LogP contribution in [-0.4, -0.2) is 37.2 Å². The van der Waals surface area contributed by atoms with Gasteiger partial charge >= 0.3 is 0 Å². The molecule has 1 fully saturated rings. The number of nitrogens with one attached hydrogen (secondary N) is 1. The zero-order chi connectivity index (χ0) is 16.5. The fourth-order valence-electron chi connectivity index (χ4n) is 3.15. The molecule has 0 radical (unpaired) electrons. The number of aliphatic hydroxyl groups is 1. The summed E-state index contributed by atoms with van der Waals surface area (Å²) in [5, 5.41) is 12.2. The van der Waals surface area contributed by atoms with Gasteiger partial charge in [0.2, 0.25) is 0 Å². The molecule has 0 aliphatic carbocycles. The third-order valence-corrected chi connectivity index (χ3v) is 4.54. The highest BCUT2D eigenvalue weighted by Crippen LogP contribution is 2.21. The third-order valence-electron chi connectivity index (χ3n) is 4.54. The maximum absolute atomic E-state index is 12.0. The topological polar surface area (TPSA) is 58.6 Å². The van der Waals surface area contributed by atoms with Crippen LogP contribution in [0.3, 0.4) is 0 Å². The van der Waals surface area contributed by atoms with Gasteiger partial charge in [0, 0.05) is 18.6 Å². The van der Waals surface area contributed by atoms with E-state index in [9.17, 15) is 4.79 Å². The standard InChI is InChI=1S/C19H29NO3.ClH/c1-15-14-17(6-7-18(15)19(22)5-2-12-21)23-13-3-4-16-8-10-20-11-9-16;/h6-7,14,16,20-21H,2-5,8-13H2,1H3;1H. The Morgan fingerprint density at radius 1 is 1.29 bits per heavy atom. The van der Waals surface area contributed by atoms with E-state index >= 15 is 0 Å². The van der Waals surface area contributed by atoms with Crippen LogP contribution in [0.1, 0.15) is 54.4 Å². The van der Waals surface area contributed by atoms with Crippen molar-refractivity contribution in [1.29, 1.82) is 0 Å². The van der Waals surface area contributed by atoms with Gasteiger partial charge in [0.25, 0.3) is 0 Å². The molecule has 1 aromatic carbocycles. The van der Waals surface area contributed by atoms with Gasteiger partial charge in [-0.1, -0.05) is 0 Å². The van der Waals surface area contributed by atoms with Gasteiger partial charge in [-0.05, 0) is 81.8 Å². The van der Waals surface area contributed by atoms with Crippen LogP contribution in [0, 0.1) is 12.8 Å². The Hall–Kier alpha value is -1.10. The van der Waals surface area contributed by atoms with E-state index in [2.05, 4.69) is 5.32 Å². The second kappa shape index (κ2) is 11.5. The van der Waals surface area contributed by atoms with Gasteiger partial charge in [-0.3, -0.25) is 4.79 Å². The fraction of sp³-hybridized carbons (Fsp3) is 0.632. The average Bonchev–Trinajstić information content (AvgIpc) is 2.57. The number of aliphatic hydroxyl groups excluding tert-OH is 1. The monoisotopic (exact) mass is 355 g/mol. The lowest BCUT2D eigenvalue weighted by Gasteiger charge is -2.22. The highest BCUT2D eigenvalue weighted by molar-refractivity contribution is 5.97. The molecule has 0 atom stereocenters. The van der Waals surface area contributed by atoms with E-state index in [1.54, 1.807) is 0 Å². The normalized spacial score (nSPS) is 14.9. The Morgan fingerprint density at radius 3 is 2.71 bits per heavy atom. The lowest BCUT2D eigenvalue weighted by atomic mass is 9.93. The van der Waals surface area contributed by atoms with Crippen molar-refractivity contribution in [3.8, 4) is 5.75 Å². The van der Waals surface area contributed by atoms with Crippen molar-refractivity contribution >= 4 is 18.2 Å². The molecule has 4 nitrogen and oxygen atoms in total. The molecule has 0 bridgehead atoms. The van der Waals surface area contributed by atoms with Gasteiger partial charge in [0.15, 0.2) is 5.78 Å². The minimum Gasteiger partial charge on any atom is -0.494 e. The number of rotatable bonds is 9. The van der Waals surface area contributed by atoms with Crippen molar-refractivity contribution in [3.05, 3.63) is 29.3 Å². The molecule has 0 saturated carbocycles. The molecule has 2 N–H and O–H groups in total. The van der Waals surface area contributed by atoms with Crippen LogP contribution in [0.5, 0.6) is 5.75 Å². The Balaban J connectivity index is 0.00000288. The van der Waals surface area contributed by atoms with Crippen LogP contribution in [0.25, 0.3) is 0 Å². The Morgan fingerprint density at radius 2 is 2.04 bits per heavy atom. The minimum absolute atomic E-state index is 0. The summed E-state index contributed by atoms with van der Waals surface area (Å²) in [5.41, 5.74) is 1.68. The lowest BCUT2D eigenvalue weighted by molar-refractivity contribution is 0.0970. The van der Waals surface area contributed by atoms with E-state index in [1.165, 1.54) is 19.3 Å². The van der Waals surface area contributed by atoms with Crippen molar-refractivity contribution in [1.82, 2.24) is 5.32 Å². The second-order valence-corrected chi connectivity index (χ2v) is 6.41. The quantitative estimate of drug-likeness (QED) is 0.525. The van der Waals surface area contributed by atoms with Gasteiger partial charge in [0.1, 0.15) is 5.75 Å². The molecule has 1 saturated heterocycles. The minimum atomic E-state index is 0. The van der Waals surface area contributed by atoms with Gasteiger partial charge in [-0.25, -0.2) is 0 Å². The zero-order valence-corrected chi connectivity index (χ0v) is 15.4. The molecular formula is C19H30ClNO3. The molecule has 24 heavy (non-hydrogen) atoms. The summed E-state index contributed by atoms with van der Waals surface area (Å²) >= 11 is 0. The summed E-state index contributed by atoms with van der Waals surface area (Å²) in [7, 11) is 0. The summed E-state index contributed by atoms with van der Waals surface area (Å²) < 4.78 is 5.83. The van der Waals surface area contributed by atoms with E-state index < -0.39 is 0 Å². The fourth-order valence-corrected chi connectivity index (χ4v) is 3.15. The smallest absolute Gasteiger partial charge is 0.163 e. The van der Waals surface area contributed by atoms with Gasteiger partial charge in [-0.2, -0.15) is 0 Å². The molecule has 0 aromatic heterocycles. The number of aryl methyl sites for hydroxylation is 1. The number of ether oxygens (including phenoxy) is 1. The van der Waals surface area contributed by atoms with Crippen molar-refractivity contribution in [2.45, 2.75) is 45.4 Å². The molecule has 1 aliphatic heterocycles. The maximum Gasteiger partial charge on any atom is 0.163 e. The van der Waals surface area contributed by atoms with Crippen LogP contribution in [0.15, 0.2) is 18.2 Å². The number of hydrogen-bond acceptors (Lipinski definition) is 4. The first-order valence-electron chi connectivity index (χ1n) is 8.79. The summed E-state index contributed by atoms with van der Waals surface area (Å²) in [6.45, 7) is 5.03. The number of halogens is 1. The number of hydrogen-bond donors (Lipinski definition) is 2. The van der Waals surface area contributed by atoms with Crippen molar-refractivity contribution in [2.24, 2.45) is 5.92 Å². The number of benzene rings is 1.